The fourth-order valence-electron chi connectivity index (χ4n) is 4.20. The van der Waals surface area contributed by atoms with Crippen LogP contribution in [0, 0.1) is 18.3 Å². The number of amides is 1. The van der Waals surface area contributed by atoms with Crippen LogP contribution in [0.5, 0.6) is 0 Å². The van der Waals surface area contributed by atoms with Gasteiger partial charge in [-0.25, -0.2) is 0 Å². The first-order valence-electron chi connectivity index (χ1n) is 11.1. The topological polar surface area (TPSA) is 69.3 Å². The molecule has 166 valence electrons. The molecule has 3 rings (SSSR count). The van der Waals surface area contributed by atoms with Crippen LogP contribution < -0.4 is 10.5 Å². The average Bonchev–Trinajstić information content (AvgIpc) is 2.93. The molecule has 1 amide bonds. The summed E-state index contributed by atoms with van der Waals surface area (Å²) >= 11 is 6.77. The molecule has 0 aromatic carbocycles. The highest BCUT2D eigenvalue weighted by Crippen LogP contribution is 2.36. The third-order valence-corrected chi connectivity index (χ3v) is 7.33. The Morgan fingerprint density at radius 2 is 1.84 bits per heavy atom. The average molecular weight is 459 g/mol. The minimum Gasteiger partial charge on any atom is -0.357 e. The molecule has 0 radical (unpaired) electrons. The van der Waals surface area contributed by atoms with Crippen LogP contribution in [0.25, 0.3) is 6.08 Å². The molecule has 6 nitrogen and oxygen atoms in total. The standard InChI is InChI=1S/C23H30N4O2S2/c1-4-6-13-27-22(29)19(31-23(27)30)14-17-16(3)18(15-24)21(28)26(5-2)20(17)25-11-9-7-8-10-12-25/h14H,4-13H2,1-3H3/b19-14-. The molecule has 0 bridgehead atoms. The van der Waals surface area contributed by atoms with Gasteiger partial charge in [0.25, 0.3) is 11.5 Å². The number of hydrogen-bond donors (Lipinski definition) is 0. The molecule has 0 N–H and O–H groups in total. The molecule has 0 atom stereocenters. The van der Waals surface area contributed by atoms with Crippen LogP contribution in [0.3, 0.4) is 0 Å². The number of carbonyl (C=O) groups is 1. The van der Waals surface area contributed by atoms with Crippen LogP contribution in [-0.2, 0) is 11.3 Å². The number of carbonyl (C=O) groups excluding carboxylic acids is 1. The maximum absolute atomic E-state index is 13.1. The van der Waals surface area contributed by atoms with Crippen molar-refractivity contribution in [3.8, 4) is 6.07 Å². The molecule has 31 heavy (non-hydrogen) atoms. The van der Waals surface area contributed by atoms with Gasteiger partial charge in [0.15, 0.2) is 0 Å². The molecule has 0 unspecified atom stereocenters. The van der Waals surface area contributed by atoms with E-state index in [1.165, 1.54) is 24.6 Å². The lowest BCUT2D eigenvalue weighted by atomic mass is 10.0. The van der Waals surface area contributed by atoms with Crippen LogP contribution in [0.2, 0.25) is 0 Å². The number of thiocarbonyl (C=S) groups is 1. The molecular weight excluding hydrogens is 428 g/mol. The van der Waals surface area contributed by atoms with Gasteiger partial charge in [0.1, 0.15) is 21.8 Å². The number of pyridine rings is 1. The molecule has 1 aromatic heterocycles. The summed E-state index contributed by atoms with van der Waals surface area (Å²) in [5, 5.41) is 9.69. The first kappa shape index (κ1) is 23.6. The van der Waals surface area contributed by atoms with Crippen LogP contribution in [0.4, 0.5) is 5.82 Å². The number of nitriles is 1. The zero-order valence-corrected chi connectivity index (χ0v) is 20.2. The number of anilines is 1. The van der Waals surface area contributed by atoms with Gasteiger partial charge in [-0.1, -0.05) is 50.2 Å². The van der Waals surface area contributed by atoms with Crippen molar-refractivity contribution < 1.29 is 4.79 Å². The third-order valence-electron chi connectivity index (χ3n) is 5.95. The Labute approximate surface area is 193 Å². The monoisotopic (exact) mass is 458 g/mol. The van der Waals surface area contributed by atoms with Gasteiger partial charge in [-0.3, -0.25) is 19.1 Å². The summed E-state index contributed by atoms with van der Waals surface area (Å²) in [7, 11) is 0. The van der Waals surface area contributed by atoms with Crippen molar-refractivity contribution in [2.24, 2.45) is 0 Å². The van der Waals surface area contributed by atoms with Gasteiger partial charge < -0.3 is 4.90 Å². The molecule has 0 saturated carbocycles. The largest absolute Gasteiger partial charge is 0.357 e. The molecule has 2 aliphatic heterocycles. The lowest BCUT2D eigenvalue weighted by molar-refractivity contribution is -0.122. The Kier molecular flexibility index (Phi) is 7.95. The molecule has 2 aliphatic rings. The van der Waals surface area contributed by atoms with Crippen molar-refractivity contribution in [2.75, 3.05) is 24.5 Å². The van der Waals surface area contributed by atoms with Crippen LogP contribution in [0.15, 0.2) is 9.70 Å². The SMILES string of the molecule is CCCCN1C(=O)/C(=C/c2c(C)c(C#N)c(=O)n(CC)c2N2CCCCCC2)SC1=S. The van der Waals surface area contributed by atoms with Gasteiger partial charge in [0.2, 0.25) is 0 Å². The lowest BCUT2D eigenvalue weighted by Gasteiger charge is -2.29. The Hall–Kier alpha value is -2.11. The van der Waals surface area contributed by atoms with Crippen molar-refractivity contribution in [1.82, 2.24) is 9.47 Å². The predicted octanol–water partition coefficient (Wildman–Crippen LogP) is 4.43. The first-order valence-corrected chi connectivity index (χ1v) is 12.3. The number of thioether (sulfide) groups is 1. The fourth-order valence-corrected chi connectivity index (χ4v) is 5.49. The van der Waals surface area contributed by atoms with E-state index in [0.29, 0.717) is 27.9 Å². The van der Waals surface area contributed by atoms with E-state index in [1.54, 1.807) is 9.47 Å². The third kappa shape index (κ3) is 4.73. The molecule has 8 heteroatoms. The maximum atomic E-state index is 13.1. The van der Waals surface area contributed by atoms with Gasteiger partial charge in [0.05, 0.1) is 4.91 Å². The summed E-state index contributed by atoms with van der Waals surface area (Å²) in [5.74, 6) is 0.738. The van der Waals surface area contributed by atoms with Crippen LogP contribution in [-0.4, -0.2) is 39.3 Å². The quantitative estimate of drug-likeness (QED) is 0.464. The first-order chi connectivity index (χ1) is 14.9. The van der Waals surface area contributed by atoms with Gasteiger partial charge >= 0.3 is 0 Å². The van der Waals surface area contributed by atoms with Crippen molar-refractivity contribution >= 4 is 46.1 Å². The molecule has 3 heterocycles. The number of rotatable bonds is 6. The predicted molar refractivity (Wildman–Crippen MR) is 131 cm³/mol. The Balaban J connectivity index is 2.18. The summed E-state index contributed by atoms with van der Waals surface area (Å²) < 4.78 is 2.27. The number of unbranched alkanes of at least 4 members (excludes halogenated alkanes) is 1. The van der Waals surface area contributed by atoms with E-state index in [2.05, 4.69) is 17.9 Å². The summed E-state index contributed by atoms with van der Waals surface area (Å²) in [5.41, 5.74) is 1.31. The minimum atomic E-state index is -0.255. The lowest BCUT2D eigenvalue weighted by Crippen LogP contribution is -2.35. The molecule has 2 fully saturated rings. The van der Waals surface area contributed by atoms with Crippen LogP contribution >= 0.6 is 24.0 Å². The fraction of sp³-hybridized carbons (Fsp3) is 0.565. The Morgan fingerprint density at radius 3 is 2.42 bits per heavy atom. The highest BCUT2D eigenvalue weighted by Gasteiger charge is 2.32. The number of nitrogens with zero attached hydrogens (tertiary/aromatic N) is 4. The highest BCUT2D eigenvalue weighted by atomic mass is 32.2. The summed E-state index contributed by atoms with van der Waals surface area (Å²) in [6.45, 7) is 8.64. The minimum absolute atomic E-state index is 0.0857. The van der Waals surface area contributed by atoms with E-state index < -0.39 is 0 Å². The van der Waals surface area contributed by atoms with E-state index in [1.807, 2.05) is 19.9 Å². The van der Waals surface area contributed by atoms with Crippen molar-refractivity contribution in [3.05, 3.63) is 31.9 Å². The van der Waals surface area contributed by atoms with Gasteiger partial charge in [-0.15, -0.1) is 0 Å². The number of aromatic nitrogens is 1. The summed E-state index contributed by atoms with van der Waals surface area (Å²) in [6.07, 6.45) is 8.22. The second-order valence-corrected chi connectivity index (χ2v) is 9.66. The van der Waals surface area contributed by atoms with Crippen molar-refractivity contribution in [1.29, 1.82) is 5.26 Å². The zero-order chi connectivity index (χ0) is 22.5. The normalized spacial score (nSPS) is 18.6. The van der Waals surface area contributed by atoms with Gasteiger partial charge in [-0.05, 0) is 44.7 Å². The summed E-state index contributed by atoms with van der Waals surface area (Å²) in [4.78, 5) is 30.6. The van der Waals surface area contributed by atoms with E-state index in [-0.39, 0.29) is 17.0 Å². The second-order valence-electron chi connectivity index (χ2n) is 7.99. The molecule has 2 saturated heterocycles. The Morgan fingerprint density at radius 1 is 1.16 bits per heavy atom. The van der Waals surface area contributed by atoms with Gasteiger partial charge in [0, 0.05) is 31.7 Å². The maximum Gasteiger partial charge on any atom is 0.270 e. The molecule has 0 spiro atoms. The summed E-state index contributed by atoms with van der Waals surface area (Å²) in [6, 6.07) is 2.09. The zero-order valence-electron chi connectivity index (χ0n) is 18.6. The Bertz CT molecular complexity index is 998. The number of hydrogen-bond acceptors (Lipinski definition) is 6. The molecule has 1 aromatic rings. The van der Waals surface area contributed by atoms with Gasteiger partial charge in [-0.2, -0.15) is 5.26 Å². The van der Waals surface area contributed by atoms with E-state index in [9.17, 15) is 14.9 Å². The van der Waals surface area contributed by atoms with E-state index >= 15 is 0 Å². The van der Waals surface area contributed by atoms with Crippen molar-refractivity contribution in [2.45, 2.75) is 65.8 Å². The molecule has 0 aliphatic carbocycles. The van der Waals surface area contributed by atoms with E-state index in [0.717, 1.165) is 50.2 Å². The van der Waals surface area contributed by atoms with Crippen LogP contribution in [0.1, 0.15) is 69.1 Å². The smallest absolute Gasteiger partial charge is 0.270 e. The molecular formula is C23H30N4O2S2. The van der Waals surface area contributed by atoms with E-state index in [4.69, 9.17) is 12.2 Å². The second kappa shape index (κ2) is 10.5. The van der Waals surface area contributed by atoms with Crippen molar-refractivity contribution in [3.63, 3.8) is 0 Å². The highest BCUT2D eigenvalue weighted by molar-refractivity contribution is 8.26.